The van der Waals surface area contributed by atoms with Gasteiger partial charge in [0.15, 0.2) is 0 Å². The number of pyridine rings is 1. The van der Waals surface area contributed by atoms with Crippen LogP contribution in [0, 0.1) is 66.7 Å². The molecule has 13 aromatic rings. The SMILES string of the molecule is Cc1cc(C)cc(-c2ccc3c(c2)c2cc(-c4cc(C)cc(C)c4)ccc2n3-c2cc(-c3cccc(-c4ccccc4)n3)c(-n3c4ccc(-c5cc(C)cc(C)c5)cc4c4cc(-c5cc(C)cc(C)c5)ccc43)cc2C#N)c1. The standard InChI is InChI=1S/C74H58N4/c1-44-25-45(2)30-57(29-44)53-17-21-69-62(37-53)63-38-54(58-31-46(3)26-47(4)32-58)18-22-70(63)77(69)73-42-66(68-16-12-15-67(76-68)52-13-10-9-11-14-52)74(41-61(73)43-75)78-71-23-19-55(59-33-48(5)27-49(6)34-59)39-64(71)65-40-56(20-24-72(65)78)60-35-50(7)28-51(8)36-60/h9-42H,1-8H3. The van der Waals surface area contributed by atoms with Crippen LogP contribution >= 0.6 is 0 Å². The van der Waals surface area contributed by atoms with Gasteiger partial charge in [0, 0.05) is 32.7 Å². The van der Waals surface area contributed by atoms with Crippen molar-refractivity contribution in [1.82, 2.24) is 14.1 Å². The Bertz CT molecular complexity index is 4350. The molecular weight excluding hydrogens is 945 g/mol. The molecule has 0 radical (unpaired) electrons. The Labute approximate surface area is 456 Å². The second-order valence-electron chi connectivity index (χ2n) is 21.9. The second kappa shape index (κ2) is 18.9. The van der Waals surface area contributed by atoms with Gasteiger partial charge >= 0.3 is 0 Å². The van der Waals surface area contributed by atoms with Crippen LogP contribution < -0.4 is 0 Å². The minimum Gasteiger partial charge on any atom is -0.309 e. The Morgan fingerprint density at radius 3 is 1.00 bits per heavy atom. The van der Waals surface area contributed by atoms with Crippen LogP contribution in [0.4, 0.5) is 0 Å². The van der Waals surface area contributed by atoms with Crippen molar-refractivity contribution in [1.29, 1.82) is 5.26 Å². The third-order valence-corrected chi connectivity index (χ3v) is 15.6. The van der Waals surface area contributed by atoms with Gasteiger partial charge in [-0.2, -0.15) is 5.26 Å². The molecule has 0 atom stereocenters. The smallest absolute Gasteiger partial charge is 0.101 e. The molecule has 0 aliphatic heterocycles. The van der Waals surface area contributed by atoms with E-state index in [-0.39, 0.29) is 0 Å². The van der Waals surface area contributed by atoms with E-state index in [1.165, 1.54) is 66.8 Å². The van der Waals surface area contributed by atoms with Gasteiger partial charge in [-0.1, -0.05) is 178 Å². The number of hydrogen-bond acceptors (Lipinski definition) is 2. The van der Waals surface area contributed by atoms with Crippen molar-refractivity contribution in [2.24, 2.45) is 0 Å². The summed E-state index contributed by atoms with van der Waals surface area (Å²) < 4.78 is 4.68. The lowest BCUT2D eigenvalue weighted by Gasteiger charge is -2.19. The number of fused-ring (bicyclic) bond motifs is 6. The van der Waals surface area contributed by atoms with E-state index < -0.39 is 0 Å². The topological polar surface area (TPSA) is 46.5 Å². The van der Waals surface area contributed by atoms with Crippen LogP contribution in [0.5, 0.6) is 0 Å². The summed E-state index contributed by atoms with van der Waals surface area (Å²) in [5.41, 5.74) is 29.2. The lowest BCUT2D eigenvalue weighted by Crippen LogP contribution is -2.04. The molecule has 3 heterocycles. The molecule has 78 heavy (non-hydrogen) atoms. The maximum Gasteiger partial charge on any atom is 0.101 e. The first kappa shape index (κ1) is 48.1. The van der Waals surface area contributed by atoms with E-state index in [4.69, 9.17) is 4.98 Å². The van der Waals surface area contributed by atoms with Crippen LogP contribution in [0.25, 0.3) is 122 Å². The minimum absolute atomic E-state index is 0.553. The third kappa shape index (κ3) is 8.55. The van der Waals surface area contributed by atoms with Crippen LogP contribution in [-0.2, 0) is 0 Å². The number of nitrogens with zero attached hydrogens (tertiary/aromatic N) is 4. The van der Waals surface area contributed by atoms with Crippen LogP contribution in [0.2, 0.25) is 0 Å². The highest BCUT2D eigenvalue weighted by molar-refractivity contribution is 6.14. The fourth-order valence-corrected chi connectivity index (χ4v) is 12.4. The number of nitriles is 1. The minimum atomic E-state index is 0.553. The summed E-state index contributed by atoms with van der Waals surface area (Å²) in [6.45, 7) is 17.3. The lowest BCUT2D eigenvalue weighted by atomic mass is 9.97. The molecule has 0 unspecified atom stereocenters. The summed E-state index contributed by atoms with van der Waals surface area (Å²) in [6.07, 6.45) is 0. The van der Waals surface area contributed by atoms with E-state index in [2.05, 4.69) is 271 Å². The fourth-order valence-electron chi connectivity index (χ4n) is 12.4. The molecule has 0 bridgehead atoms. The van der Waals surface area contributed by atoms with Crippen molar-refractivity contribution in [3.05, 3.63) is 256 Å². The molecule has 0 fully saturated rings. The summed E-state index contributed by atoms with van der Waals surface area (Å²) in [7, 11) is 0. The maximum absolute atomic E-state index is 11.7. The molecular formula is C74H58N4. The van der Waals surface area contributed by atoms with Crippen molar-refractivity contribution in [3.63, 3.8) is 0 Å². The van der Waals surface area contributed by atoms with Crippen molar-refractivity contribution in [2.45, 2.75) is 55.4 Å². The van der Waals surface area contributed by atoms with Crippen LogP contribution in [0.1, 0.15) is 50.1 Å². The highest BCUT2D eigenvalue weighted by Gasteiger charge is 2.24. The molecule has 0 aliphatic rings. The third-order valence-electron chi connectivity index (χ3n) is 15.6. The predicted molar refractivity (Wildman–Crippen MR) is 328 cm³/mol. The van der Waals surface area contributed by atoms with Crippen molar-refractivity contribution >= 4 is 43.6 Å². The van der Waals surface area contributed by atoms with E-state index >= 15 is 0 Å². The van der Waals surface area contributed by atoms with Gasteiger partial charge in [-0.15, -0.1) is 0 Å². The van der Waals surface area contributed by atoms with Crippen LogP contribution in [-0.4, -0.2) is 14.1 Å². The number of benzene rings is 10. The van der Waals surface area contributed by atoms with Gasteiger partial charge in [0.1, 0.15) is 6.07 Å². The van der Waals surface area contributed by atoms with Crippen LogP contribution in [0.3, 0.4) is 0 Å². The van der Waals surface area contributed by atoms with Crippen molar-refractivity contribution < 1.29 is 0 Å². The average Bonchev–Trinajstić information content (AvgIpc) is 3.97. The summed E-state index contributed by atoms with van der Waals surface area (Å²) in [6, 6.07) is 78.3. The number of rotatable bonds is 8. The molecule has 13 rings (SSSR count). The van der Waals surface area contributed by atoms with Crippen molar-refractivity contribution in [3.8, 4) is 84.5 Å². The molecule has 374 valence electrons. The fraction of sp³-hybridized carbons (Fsp3) is 0.108. The molecule has 0 aliphatic carbocycles. The first-order valence-corrected chi connectivity index (χ1v) is 27.0. The Kier molecular flexibility index (Phi) is 11.7. The van der Waals surface area contributed by atoms with Gasteiger partial charge in [-0.3, -0.25) is 0 Å². The zero-order valence-corrected chi connectivity index (χ0v) is 45.4. The Morgan fingerprint density at radius 2 is 0.641 bits per heavy atom. The first-order chi connectivity index (χ1) is 37.8. The Balaban J connectivity index is 1.11. The monoisotopic (exact) mass is 1000 g/mol. The molecule has 4 heteroatoms. The lowest BCUT2D eigenvalue weighted by molar-refractivity contribution is 1.13. The maximum atomic E-state index is 11.7. The highest BCUT2D eigenvalue weighted by Crippen LogP contribution is 2.44. The van der Waals surface area contributed by atoms with E-state index in [9.17, 15) is 5.26 Å². The molecule has 0 spiro atoms. The molecule has 0 saturated heterocycles. The van der Waals surface area contributed by atoms with Crippen LogP contribution in [0.15, 0.2) is 206 Å². The van der Waals surface area contributed by atoms with Gasteiger partial charge in [-0.05, 0) is 173 Å². The van der Waals surface area contributed by atoms with E-state index in [1.54, 1.807) is 0 Å². The van der Waals surface area contributed by atoms with Gasteiger partial charge < -0.3 is 9.13 Å². The normalized spacial score (nSPS) is 11.6. The second-order valence-corrected chi connectivity index (χ2v) is 21.9. The molecule has 0 saturated carbocycles. The van der Waals surface area contributed by atoms with E-state index in [0.29, 0.717) is 5.56 Å². The summed E-state index contributed by atoms with van der Waals surface area (Å²) >= 11 is 0. The highest BCUT2D eigenvalue weighted by atomic mass is 15.0. The largest absolute Gasteiger partial charge is 0.309 e. The van der Waals surface area contributed by atoms with Gasteiger partial charge in [0.25, 0.3) is 0 Å². The summed E-state index contributed by atoms with van der Waals surface area (Å²) in [4.78, 5) is 5.50. The zero-order chi connectivity index (χ0) is 53.5. The Hall–Kier alpha value is -9.56. The molecule has 10 aromatic carbocycles. The quantitative estimate of drug-likeness (QED) is 0.152. The predicted octanol–water partition coefficient (Wildman–Crippen LogP) is 19.6. The van der Waals surface area contributed by atoms with Gasteiger partial charge in [0.2, 0.25) is 0 Å². The van der Waals surface area contributed by atoms with Gasteiger partial charge in [-0.25, -0.2) is 4.98 Å². The van der Waals surface area contributed by atoms with E-state index in [0.717, 1.165) is 99.8 Å². The molecule has 3 aromatic heterocycles. The average molecular weight is 1000 g/mol. The van der Waals surface area contributed by atoms with E-state index in [1.807, 2.05) is 6.07 Å². The Morgan fingerprint density at radius 1 is 0.295 bits per heavy atom. The molecule has 0 N–H and O–H groups in total. The van der Waals surface area contributed by atoms with Crippen molar-refractivity contribution in [2.75, 3.05) is 0 Å². The molecule has 0 amide bonds. The summed E-state index contributed by atoms with van der Waals surface area (Å²) in [5, 5.41) is 16.2. The van der Waals surface area contributed by atoms with Gasteiger partial charge in [0.05, 0.1) is 50.4 Å². The number of aryl methyl sites for hydroxylation is 8. The number of aromatic nitrogens is 3. The zero-order valence-electron chi connectivity index (χ0n) is 45.4. The molecule has 4 nitrogen and oxygen atoms in total. The number of hydrogen-bond donors (Lipinski definition) is 0. The first-order valence-electron chi connectivity index (χ1n) is 27.0. The summed E-state index contributed by atoms with van der Waals surface area (Å²) in [5.74, 6) is 0.